The molecule has 0 fully saturated rings. The standard InChI is InChI=1S/C8H6ClNO4/c1-5-2-3-6(10(12)13)4-7(5)14-8(9)11/h2-4H,1H3. The van der Waals surface area contributed by atoms with Crippen LogP contribution in [0.25, 0.3) is 0 Å². The summed E-state index contributed by atoms with van der Waals surface area (Å²) in [7, 11) is 0. The predicted octanol–water partition coefficient (Wildman–Crippen LogP) is 2.64. The Hall–Kier alpha value is -1.62. The van der Waals surface area contributed by atoms with E-state index in [2.05, 4.69) is 4.74 Å². The second kappa shape index (κ2) is 4.06. The summed E-state index contributed by atoms with van der Waals surface area (Å²) < 4.78 is 4.56. The van der Waals surface area contributed by atoms with Crippen LogP contribution in [0, 0.1) is 17.0 Å². The topological polar surface area (TPSA) is 69.4 Å². The number of halogens is 1. The van der Waals surface area contributed by atoms with Crippen molar-refractivity contribution in [1.82, 2.24) is 0 Å². The van der Waals surface area contributed by atoms with Gasteiger partial charge < -0.3 is 4.74 Å². The number of non-ortho nitro benzene ring substituents is 1. The highest BCUT2D eigenvalue weighted by Gasteiger charge is 2.11. The summed E-state index contributed by atoms with van der Waals surface area (Å²) in [6.45, 7) is 1.65. The fraction of sp³-hybridized carbons (Fsp3) is 0.125. The zero-order valence-corrected chi connectivity index (χ0v) is 7.95. The van der Waals surface area contributed by atoms with Crippen LogP contribution in [0.3, 0.4) is 0 Å². The molecule has 0 amide bonds. The Morgan fingerprint density at radius 2 is 2.21 bits per heavy atom. The van der Waals surface area contributed by atoms with Crippen molar-refractivity contribution in [2.24, 2.45) is 0 Å². The molecule has 0 N–H and O–H groups in total. The predicted molar refractivity (Wildman–Crippen MR) is 49.7 cm³/mol. The zero-order valence-electron chi connectivity index (χ0n) is 7.19. The third kappa shape index (κ3) is 2.43. The van der Waals surface area contributed by atoms with Gasteiger partial charge in [0.1, 0.15) is 5.75 Å². The lowest BCUT2D eigenvalue weighted by Crippen LogP contribution is -1.99. The minimum absolute atomic E-state index is 0.0965. The summed E-state index contributed by atoms with van der Waals surface area (Å²) in [6, 6.07) is 3.95. The van der Waals surface area contributed by atoms with Crippen LogP contribution in [0.1, 0.15) is 5.56 Å². The molecule has 1 rings (SSSR count). The minimum Gasteiger partial charge on any atom is -0.414 e. The van der Waals surface area contributed by atoms with Crippen LogP contribution >= 0.6 is 11.6 Å². The first-order valence-corrected chi connectivity index (χ1v) is 4.01. The highest BCUT2D eigenvalue weighted by molar-refractivity contribution is 6.61. The van der Waals surface area contributed by atoms with Crippen LogP contribution in [0.15, 0.2) is 18.2 Å². The normalized spacial score (nSPS) is 9.57. The van der Waals surface area contributed by atoms with E-state index in [0.29, 0.717) is 5.56 Å². The molecule has 0 aliphatic rings. The van der Waals surface area contributed by atoms with E-state index in [-0.39, 0.29) is 11.4 Å². The number of aryl methyl sites for hydroxylation is 1. The average molecular weight is 216 g/mol. The molecule has 0 radical (unpaired) electrons. The van der Waals surface area contributed by atoms with E-state index in [0.717, 1.165) is 6.07 Å². The molecular weight excluding hydrogens is 210 g/mol. The molecule has 0 spiro atoms. The van der Waals surface area contributed by atoms with Crippen LogP contribution in [-0.2, 0) is 0 Å². The van der Waals surface area contributed by atoms with Crippen molar-refractivity contribution in [3.05, 3.63) is 33.9 Å². The SMILES string of the molecule is Cc1ccc([N+](=O)[O-])cc1OC(=O)Cl. The van der Waals surface area contributed by atoms with Crippen LogP contribution in [-0.4, -0.2) is 10.4 Å². The summed E-state index contributed by atoms with van der Waals surface area (Å²) in [4.78, 5) is 20.2. The number of nitro benzene ring substituents is 1. The lowest BCUT2D eigenvalue weighted by Gasteiger charge is -2.02. The fourth-order valence-corrected chi connectivity index (χ4v) is 0.982. The third-order valence-corrected chi connectivity index (χ3v) is 1.65. The van der Waals surface area contributed by atoms with Crippen LogP contribution in [0.5, 0.6) is 5.75 Å². The van der Waals surface area contributed by atoms with Crippen molar-refractivity contribution < 1.29 is 14.5 Å². The Balaban J connectivity index is 3.08. The van der Waals surface area contributed by atoms with Crippen LogP contribution in [0.4, 0.5) is 10.5 Å². The molecular formula is C8H6ClNO4. The zero-order chi connectivity index (χ0) is 10.7. The van der Waals surface area contributed by atoms with E-state index in [1.807, 2.05) is 0 Å². The Kier molecular flexibility index (Phi) is 3.03. The summed E-state index contributed by atoms with van der Waals surface area (Å²) in [5, 5.41) is 10.4. The van der Waals surface area contributed by atoms with E-state index in [1.54, 1.807) is 6.92 Å². The molecule has 0 unspecified atom stereocenters. The number of carbonyl (C=O) groups excluding carboxylic acids is 1. The van der Waals surface area contributed by atoms with Gasteiger partial charge in [-0.15, -0.1) is 0 Å². The number of hydrogen-bond acceptors (Lipinski definition) is 4. The average Bonchev–Trinajstić information content (AvgIpc) is 2.07. The molecule has 0 atom stereocenters. The van der Waals surface area contributed by atoms with E-state index in [4.69, 9.17) is 11.6 Å². The first-order valence-electron chi connectivity index (χ1n) is 3.63. The molecule has 1 aromatic carbocycles. The Morgan fingerprint density at radius 3 is 2.71 bits per heavy atom. The molecule has 0 aromatic heterocycles. The number of ether oxygens (including phenoxy) is 1. The highest BCUT2D eigenvalue weighted by Crippen LogP contribution is 2.24. The lowest BCUT2D eigenvalue weighted by molar-refractivity contribution is -0.384. The summed E-state index contributed by atoms with van der Waals surface area (Å²) >= 11 is 4.99. The van der Waals surface area contributed by atoms with E-state index >= 15 is 0 Å². The van der Waals surface area contributed by atoms with Crippen LogP contribution < -0.4 is 4.74 Å². The second-order valence-corrected chi connectivity index (χ2v) is 2.86. The first-order chi connectivity index (χ1) is 6.50. The first kappa shape index (κ1) is 10.5. The molecule has 0 saturated heterocycles. The molecule has 0 bridgehead atoms. The molecule has 0 aliphatic carbocycles. The van der Waals surface area contributed by atoms with Gasteiger partial charge in [-0.25, -0.2) is 4.79 Å². The van der Waals surface area contributed by atoms with Gasteiger partial charge in [0.25, 0.3) is 5.69 Å². The number of rotatable bonds is 2. The van der Waals surface area contributed by atoms with Crippen molar-refractivity contribution in [3.63, 3.8) is 0 Å². The summed E-state index contributed by atoms with van der Waals surface area (Å²) in [5.74, 6) is 0.0965. The monoisotopic (exact) mass is 215 g/mol. The van der Waals surface area contributed by atoms with E-state index in [9.17, 15) is 14.9 Å². The number of nitro groups is 1. The van der Waals surface area contributed by atoms with Gasteiger partial charge in [0.15, 0.2) is 0 Å². The van der Waals surface area contributed by atoms with Gasteiger partial charge in [0.2, 0.25) is 0 Å². The maximum atomic E-state index is 10.4. The summed E-state index contributed by atoms with van der Waals surface area (Å²) in [6.07, 6.45) is 0. The van der Waals surface area contributed by atoms with E-state index < -0.39 is 10.4 Å². The second-order valence-electron chi connectivity index (χ2n) is 2.55. The largest absolute Gasteiger partial charge is 0.414 e. The van der Waals surface area contributed by atoms with Crippen molar-refractivity contribution in [2.45, 2.75) is 6.92 Å². The molecule has 0 heterocycles. The number of carbonyl (C=O) groups is 1. The Bertz CT molecular complexity index is 391. The number of nitrogens with zero attached hydrogens (tertiary/aromatic N) is 1. The number of benzene rings is 1. The number of hydrogen-bond donors (Lipinski definition) is 0. The van der Waals surface area contributed by atoms with Crippen molar-refractivity contribution >= 4 is 22.7 Å². The van der Waals surface area contributed by atoms with Crippen molar-refractivity contribution in [1.29, 1.82) is 0 Å². The van der Waals surface area contributed by atoms with Crippen molar-refractivity contribution in [2.75, 3.05) is 0 Å². The molecule has 0 aliphatic heterocycles. The third-order valence-electron chi connectivity index (χ3n) is 1.57. The van der Waals surface area contributed by atoms with Gasteiger partial charge in [0, 0.05) is 17.7 Å². The minimum atomic E-state index is -1.02. The van der Waals surface area contributed by atoms with Gasteiger partial charge in [-0.1, -0.05) is 0 Å². The van der Waals surface area contributed by atoms with Crippen molar-refractivity contribution in [3.8, 4) is 5.75 Å². The van der Waals surface area contributed by atoms with Crippen LogP contribution in [0.2, 0.25) is 0 Å². The smallest absolute Gasteiger partial charge is 0.409 e. The van der Waals surface area contributed by atoms with E-state index in [1.165, 1.54) is 12.1 Å². The van der Waals surface area contributed by atoms with Gasteiger partial charge in [-0.05, 0) is 18.6 Å². The maximum Gasteiger partial charge on any atom is 0.409 e. The van der Waals surface area contributed by atoms with Gasteiger partial charge in [0.05, 0.1) is 11.0 Å². The molecule has 1 aromatic rings. The quantitative estimate of drug-likeness (QED) is 0.432. The fourth-order valence-electron chi connectivity index (χ4n) is 0.899. The van der Waals surface area contributed by atoms with Gasteiger partial charge in [-0.2, -0.15) is 0 Å². The Morgan fingerprint density at radius 1 is 1.57 bits per heavy atom. The molecule has 6 heteroatoms. The van der Waals surface area contributed by atoms with Gasteiger partial charge >= 0.3 is 5.43 Å². The lowest BCUT2D eigenvalue weighted by atomic mass is 10.2. The maximum absolute atomic E-state index is 10.4. The Labute approximate surface area is 84.4 Å². The molecule has 5 nitrogen and oxygen atoms in total. The molecule has 14 heavy (non-hydrogen) atoms. The summed E-state index contributed by atoms with van der Waals surface area (Å²) in [5.41, 5.74) is -0.568. The van der Waals surface area contributed by atoms with Gasteiger partial charge in [-0.3, -0.25) is 10.1 Å². The highest BCUT2D eigenvalue weighted by atomic mass is 35.5. The molecule has 0 saturated carbocycles. The molecule has 74 valence electrons.